The Labute approximate surface area is 90.0 Å². The summed E-state index contributed by atoms with van der Waals surface area (Å²) in [4.78, 5) is 11.8. The molecule has 15 heavy (non-hydrogen) atoms. The molecule has 80 valence electrons. The van der Waals surface area contributed by atoms with Crippen molar-refractivity contribution in [1.29, 1.82) is 5.26 Å². The van der Waals surface area contributed by atoms with E-state index in [1.54, 1.807) is 17.7 Å². The third-order valence-corrected chi connectivity index (χ3v) is 2.43. The van der Waals surface area contributed by atoms with E-state index < -0.39 is 0 Å². The minimum absolute atomic E-state index is 0.168. The van der Waals surface area contributed by atoms with Crippen LogP contribution in [0.3, 0.4) is 0 Å². The molecule has 1 rings (SSSR count). The Morgan fingerprint density at radius 2 is 2.20 bits per heavy atom. The molecule has 3 heteroatoms. The molecule has 0 bridgehead atoms. The smallest absolute Gasteiger partial charge is 0.268 e. The van der Waals surface area contributed by atoms with E-state index in [0.29, 0.717) is 12.5 Å². The summed E-state index contributed by atoms with van der Waals surface area (Å²) in [5.74, 6) is 0.559. The topological polar surface area (TPSA) is 45.8 Å². The number of nitriles is 1. The van der Waals surface area contributed by atoms with Gasteiger partial charge in [0.1, 0.15) is 11.6 Å². The van der Waals surface area contributed by atoms with Crippen molar-refractivity contribution in [3.8, 4) is 6.07 Å². The van der Waals surface area contributed by atoms with E-state index in [2.05, 4.69) is 13.8 Å². The maximum atomic E-state index is 11.8. The molecule has 0 aromatic carbocycles. The average molecular weight is 204 g/mol. The molecule has 1 aromatic rings. The van der Waals surface area contributed by atoms with Gasteiger partial charge in [-0.05, 0) is 30.9 Å². The van der Waals surface area contributed by atoms with Gasteiger partial charge in [0.2, 0.25) is 0 Å². The Balaban J connectivity index is 3.02. The Hall–Kier alpha value is -1.56. The van der Waals surface area contributed by atoms with Crippen molar-refractivity contribution in [2.45, 2.75) is 33.7 Å². The molecule has 0 amide bonds. The first-order valence-corrected chi connectivity index (χ1v) is 5.16. The molecule has 0 saturated heterocycles. The van der Waals surface area contributed by atoms with Gasteiger partial charge >= 0.3 is 0 Å². The largest absolute Gasteiger partial charge is 0.314 e. The summed E-state index contributed by atoms with van der Waals surface area (Å²) in [5.41, 5.74) is 0.850. The SMILES string of the molecule is Cc1ccn(CCC(C)C)c(=O)c1C#N. The second kappa shape index (κ2) is 4.79. The Morgan fingerprint density at radius 3 is 2.73 bits per heavy atom. The number of aromatic nitrogens is 1. The van der Waals surface area contributed by atoms with Gasteiger partial charge in [0.25, 0.3) is 5.56 Å². The van der Waals surface area contributed by atoms with E-state index in [1.807, 2.05) is 12.1 Å². The van der Waals surface area contributed by atoms with Crippen LogP contribution in [0, 0.1) is 24.2 Å². The van der Waals surface area contributed by atoms with Crippen molar-refractivity contribution in [2.24, 2.45) is 5.92 Å². The first kappa shape index (κ1) is 11.5. The number of nitrogens with zero attached hydrogens (tertiary/aromatic N) is 2. The predicted molar refractivity (Wildman–Crippen MR) is 59.6 cm³/mol. The third kappa shape index (κ3) is 2.69. The van der Waals surface area contributed by atoms with Crippen molar-refractivity contribution in [1.82, 2.24) is 4.57 Å². The lowest BCUT2D eigenvalue weighted by atomic mass is 10.1. The lowest BCUT2D eigenvalue weighted by Gasteiger charge is -2.08. The highest BCUT2D eigenvalue weighted by atomic mass is 16.1. The molecule has 3 nitrogen and oxygen atoms in total. The molecule has 0 spiro atoms. The van der Waals surface area contributed by atoms with Crippen LogP contribution in [0.15, 0.2) is 17.1 Å². The summed E-state index contributed by atoms with van der Waals surface area (Å²) in [6.07, 6.45) is 2.72. The molecule has 0 atom stereocenters. The number of pyridine rings is 1. The van der Waals surface area contributed by atoms with Crippen LogP contribution < -0.4 is 5.56 Å². The molecule has 0 aliphatic rings. The highest BCUT2D eigenvalue weighted by Crippen LogP contribution is 2.04. The molecule has 0 radical (unpaired) electrons. The second-order valence-corrected chi connectivity index (χ2v) is 4.17. The summed E-state index contributed by atoms with van der Waals surface area (Å²) in [7, 11) is 0. The lowest BCUT2D eigenvalue weighted by molar-refractivity contribution is 0.507. The van der Waals surface area contributed by atoms with Gasteiger partial charge in [-0.15, -0.1) is 0 Å². The highest BCUT2D eigenvalue weighted by Gasteiger charge is 2.06. The molecule has 0 aliphatic carbocycles. The summed E-state index contributed by atoms with van der Waals surface area (Å²) in [5, 5.41) is 8.84. The van der Waals surface area contributed by atoms with Crippen LogP contribution in [0.2, 0.25) is 0 Å². The van der Waals surface area contributed by atoms with E-state index in [1.165, 1.54) is 0 Å². The van der Waals surface area contributed by atoms with Crippen LogP contribution in [0.4, 0.5) is 0 Å². The van der Waals surface area contributed by atoms with Gasteiger partial charge in [-0.3, -0.25) is 4.79 Å². The van der Waals surface area contributed by atoms with E-state index >= 15 is 0 Å². The average Bonchev–Trinajstić information content (AvgIpc) is 2.17. The van der Waals surface area contributed by atoms with Crippen molar-refractivity contribution in [3.05, 3.63) is 33.7 Å². The first-order valence-electron chi connectivity index (χ1n) is 5.16. The second-order valence-electron chi connectivity index (χ2n) is 4.17. The van der Waals surface area contributed by atoms with E-state index in [-0.39, 0.29) is 11.1 Å². The van der Waals surface area contributed by atoms with Crippen molar-refractivity contribution in [3.63, 3.8) is 0 Å². The Bertz CT molecular complexity index is 438. The summed E-state index contributed by atoms with van der Waals surface area (Å²) in [6, 6.07) is 3.78. The quantitative estimate of drug-likeness (QED) is 0.756. The van der Waals surface area contributed by atoms with Gasteiger partial charge in [-0.25, -0.2) is 0 Å². The maximum absolute atomic E-state index is 11.8. The molecule has 0 fully saturated rings. The van der Waals surface area contributed by atoms with Gasteiger partial charge in [0.05, 0.1) is 0 Å². The van der Waals surface area contributed by atoms with Gasteiger partial charge in [-0.1, -0.05) is 13.8 Å². The molecule has 0 N–H and O–H groups in total. The lowest BCUT2D eigenvalue weighted by Crippen LogP contribution is -2.23. The zero-order valence-electron chi connectivity index (χ0n) is 9.45. The van der Waals surface area contributed by atoms with E-state index in [4.69, 9.17) is 5.26 Å². The minimum atomic E-state index is -0.168. The number of aryl methyl sites for hydroxylation is 2. The van der Waals surface area contributed by atoms with Crippen LogP contribution in [-0.2, 0) is 6.54 Å². The fourth-order valence-corrected chi connectivity index (χ4v) is 1.37. The predicted octanol–water partition coefficient (Wildman–Crippen LogP) is 2.07. The maximum Gasteiger partial charge on any atom is 0.268 e. The molecule has 1 aromatic heterocycles. The summed E-state index contributed by atoms with van der Waals surface area (Å²) in [6.45, 7) is 6.70. The molecule has 0 aliphatic heterocycles. The van der Waals surface area contributed by atoms with Gasteiger partial charge in [0, 0.05) is 12.7 Å². The van der Waals surface area contributed by atoms with Crippen molar-refractivity contribution in [2.75, 3.05) is 0 Å². The normalized spacial score (nSPS) is 10.3. The number of hydrogen-bond acceptors (Lipinski definition) is 2. The molecular formula is C12H16N2O. The molecule has 0 unspecified atom stereocenters. The number of rotatable bonds is 3. The Kier molecular flexibility index (Phi) is 3.68. The van der Waals surface area contributed by atoms with Crippen molar-refractivity contribution >= 4 is 0 Å². The fraction of sp³-hybridized carbons (Fsp3) is 0.500. The highest BCUT2D eigenvalue weighted by molar-refractivity contribution is 5.33. The van der Waals surface area contributed by atoms with Gasteiger partial charge < -0.3 is 4.57 Å². The number of hydrogen-bond donors (Lipinski definition) is 0. The van der Waals surface area contributed by atoms with Crippen LogP contribution in [0.1, 0.15) is 31.4 Å². The van der Waals surface area contributed by atoms with Gasteiger partial charge in [0.15, 0.2) is 0 Å². The molecule has 0 saturated carbocycles. The van der Waals surface area contributed by atoms with E-state index in [0.717, 1.165) is 12.0 Å². The standard InChI is InChI=1S/C12H16N2O/c1-9(2)4-6-14-7-5-10(3)11(8-13)12(14)15/h5,7,9H,4,6H2,1-3H3. The monoisotopic (exact) mass is 204 g/mol. The van der Waals surface area contributed by atoms with Crippen LogP contribution in [0.25, 0.3) is 0 Å². The van der Waals surface area contributed by atoms with Crippen LogP contribution in [-0.4, -0.2) is 4.57 Å². The fourth-order valence-electron chi connectivity index (χ4n) is 1.37. The summed E-state index contributed by atoms with van der Waals surface area (Å²) < 4.78 is 1.62. The molecular weight excluding hydrogens is 188 g/mol. The Morgan fingerprint density at radius 1 is 1.53 bits per heavy atom. The molecule has 1 heterocycles. The van der Waals surface area contributed by atoms with Crippen molar-refractivity contribution < 1.29 is 0 Å². The van der Waals surface area contributed by atoms with E-state index in [9.17, 15) is 4.79 Å². The third-order valence-electron chi connectivity index (χ3n) is 2.43. The zero-order chi connectivity index (χ0) is 11.4. The first-order chi connectivity index (χ1) is 7.06. The van der Waals surface area contributed by atoms with Crippen LogP contribution >= 0.6 is 0 Å². The summed E-state index contributed by atoms with van der Waals surface area (Å²) >= 11 is 0. The minimum Gasteiger partial charge on any atom is -0.314 e. The zero-order valence-corrected chi connectivity index (χ0v) is 9.45. The van der Waals surface area contributed by atoms with Gasteiger partial charge in [-0.2, -0.15) is 5.26 Å². The van der Waals surface area contributed by atoms with Crippen LogP contribution in [0.5, 0.6) is 0 Å².